The Morgan fingerprint density at radius 1 is 1.14 bits per heavy atom. The Morgan fingerprint density at radius 2 is 2.00 bits per heavy atom. The molecule has 4 aliphatic rings. The molecule has 0 spiro atoms. The highest BCUT2D eigenvalue weighted by Crippen LogP contribution is 2.68. The monoisotopic (exact) mass is 378 g/mol. The zero-order chi connectivity index (χ0) is 19.5. The molecule has 5 unspecified atom stereocenters. The van der Waals surface area contributed by atoms with Crippen molar-refractivity contribution >= 4 is 5.91 Å². The third-order valence-corrected chi connectivity index (χ3v) is 9.39. The summed E-state index contributed by atoms with van der Waals surface area (Å²) in [4.78, 5) is 16.7. The molecule has 3 aliphatic carbocycles. The predicted octanol–water partition coefficient (Wildman–Crippen LogP) is 5.10. The summed E-state index contributed by atoms with van der Waals surface area (Å²) in [6.07, 6.45) is 13.6. The van der Waals surface area contributed by atoms with Crippen LogP contribution in [0.5, 0.6) is 0 Å². The Bertz CT molecular complexity index is 802. The van der Waals surface area contributed by atoms with Crippen molar-refractivity contribution in [2.24, 2.45) is 34.5 Å². The van der Waals surface area contributed by atoms with Gasteiger partial charge in [0.1, 0.15) is 0 Å². The van der Waals surface area contributed by atoms with Crippen molar-refractivity contribution in [3.05, 3.63) is 41.7 Å². The van der Waals surface area contributed by atoms with E-state index < -0.39 is 0 Å². The van der Waals surface area contributed by atoms with Crippen LogP contribution in [-0.4, -0.2) is 17.4 Å². The lowest BCUT2D eigenvalue weighted by Gasteiger charge is -2.58. The lowest BCUT2D eigenvalue weighted by Crippen LogP contribution is -2.51. The molecular weight excluding hydrogens is 344 g/mol. The molecule has 3 saturated carbocycles. The quantitative estimate of drug-likeness (QED) is 0.739. The molecule has 150 valence electrons. The average molecular weight is 379 g/mol. The van der Waals surface area contributed by atoms with Crippen LogP contribution in [0.15, 0.2) is 36.2 Å². The van der Waals surface area contributed by atoms with E-state index in [9.17, 15) is 4.79 Å². The molecule has 5 rings (SSSR count). The van der Waals surface area contributed by atoms with Crippen LogP contribution in [0, 0.1) is 34.5 Å². The van der Waals surface area contributed by atoms with E-state index in [1.54, 1.807) is 0 Å². The van der Waals surface area contributed by atoms with Gasteiger partial charge in [-0.1, -0.05) is 32.4 Å². The fraction of sp³-hybridized carbons (Fsp3) is 0.680. The molecular formula is C25H34N2O. The average Bonchev–Trinajstić information content (AvgIpc) is 2.94. The van der Waals surface area contributed by atoms with Crippen LogP contribution in [0.1, 0.15) is 70.8 Å². The predicted molar refractivity (Wildman–Crippen MR) is 112 cm³/mol. The van der Waals surface area contributed by atoms with Gasteiger partial charge >= 0.3 is 0 Å². The maximum absolute atomic E-state index is 12.2. The minimum absolute atomic E-state index is 0.127. The SMILES string of the molecule is CC1CC2C3CCC(c4cccnc4)[C@@]3(C)CCC2[C@@]2(C)CCNC(=O)C=C12. The molecule has 28 heavy (non-hydrogen) atoms. The van der Waals surface area contributed by atoms with Gasteiger partial charge in [-0.05, 0) is 90.6 Å². The van der Waals surface area contributed by atoms with E-state index in [1.165, 1.54) is 43.2 Å². The molecule has 0 saturated heterocycles. The Morgan fingerprint density at radius 3 is 2.79 bits per heavy atom. The first-order valence-electron chi connectivity index (χ1n) is 11.3. The van der Waals surface area contributed by atoms with E-state index in [4.69, 9.17) is 0 Å². The lowest BCUT2D eigenvalue weighted by atomic mass is 9.46. The third-order valence-electron chi connectivity index (χ3n) is 9.39. The van der Waals surface area contributed by atoms with E-state index in [0.717, 1.165) is 30.7 Å². The number of aromatic nitrogens is 1. The second kappa shape index (κ2) is 6.43. The van der Waals surface area contributed by atoms with Gasteiger partial charge in [-0.3, -0.25) is 9.78 Å². The number of pyridine rings is 1. The second-order valence-corrected chi connectivity index (χ2v) is 10.5. The van der Waals surface area contributed by atoms with Crippen molar-refractivity contribution in [1.82, 2.24) is 10.3 Å². The van der Waals surface area contributed by atoms with E-state index in [2.05, 4.69) is 49.4 Å². The molecule has 1 aromatic heterocycles. The Labute approximate surface area is 169 Å². The molecule has 1 aliphatic heterocycles. The van der Waals surface area contributed by atoms with Crippen LogP contribution in [0.3, 0.4) is 0 Å². The number of carbonyl (C=O) groups excluding carboxylic acids is 1. The summed E-state index contributed by atoms with van der Waals surface area (Å²) in [5.74, 6) is 3.64. The second-order valence-electron chi connectivity index (χ2n) is 10.5. The summed E-state index contributed by atoms with van der Waals surface area (Å²) >= 11 is 0. The number of nitrogens with one attached hydrogen (secondary N) is 1. The van der Waals surface area contributed by atoms with E-state index in [-0.39, 0.29) is 11.3 Å². The number of hydrogen-bond acceptors (Lipinski definition) is 2. The number of carbonyl (C=O) groups is 1. The van der Waals surface area contributed by atoms with Gasteiger partial charge in [0, 0.05) is 25.0 Å². The van der Waals surface area contributed by atoms with Gasteiger partial charge in [0.15, 0.2) is 0 Å². The Balaban J connectivity index is 1.50. The van der Waals surface area contributed by atoms with Crippen LogP contribution in [0.25, 0.3) is 0 Å². The molecule has 7 atom stereocenters. The molecule has 3 nitrogen and oxygen atoms in total. The van der Waals surface area contributed by atoms with E-state index >= 15 is 0 Å². The van der Waals surface area contributed by atoms with Crippen molar-refractivity contribution in [3.8, 4) is 0 Å². The molecule has 3 heteroatoms. The third kappa shape index (κ3) is 2.54. The molecule has 1 amide bonds. The van der Waals surface area contributed by atoms with Crippen molar-refractivity contribution in [2.75, 3.05) is 6.54 Å². The first kappa shape index (κ1) is 18.4. The van der Waals surface area contributed by atoms with Crippen molar-refractivity contribution in [2.45, 2.75) is 65.2 Å². The maximum atomic E-state index is 12.2. The van der Waals surface area contributed by atoms with Crippen LogP contribution in [0.2, 0.25) is 0 Å². The van der Waals surface area contributed by atoms with Crippen LogP contribution in [-0.2, 0) is 4.79 Å². The van der Waals surface area contributed by atoms with Crippen molar-refractivity contribution < 1.29 is 4.79 Å². The Hall–Kier alpha value is -1.64. The fourth-order valence-electron chi connectivity index (χ4n) is 8.12. The van der Waals surface area contributed by atoms with E-state index in [0.29, 0.717) is 17.3 Å². The summed E-state index contributed by atoms with van der Waals surface area (Å²) in [6.45, 7) is 8.25. The van der Waals surface area contributed by atoms with Gasteiger partial charge in [0.05, 0.1) is 0 Å². The molecule has 2 heterocycles. The standard InChI is InChI=1S/C25H34N2O/c1-16-13-18-20-7-6-19(17-5-4-11-26-15-17)24(20,2)9-8-21(18)25(3)10-12-27-23(28)14-22(16)25/h4-5,11,14-16,18-21H,6-10,12-13H2,1-3H3,(H,27,28)/t16?,18?,19?,20?,21?,24-,25-/m1/s1. The van der Waals surface area contributed by atoms with Gasteiger partial charge in [-0.25, -0.2) is 0 Å². The molecule has 1 N–H and O–H groups in total. The number of rotatable bonds is 1. The topological polar surface area (TPSA) is 42.0 Å². The number of nitrogens with zero attached hydrogens (tertiary/aromatic N) is 1. The normalized spacial score (nSPS) is 45.2. The van der Waals surface area contributed by atoms with Gasteiger partial charge in [0.2, 0.25) is 5.91 Å². The van der Waals surface area contributed by atoms with Gasteiger partial charge in [-0.15, -0.1) is 0 Å². The first-order chi connectivity index (χ1) is 13.4. The molecule has 3 fully saturated rings. The zero-order valence-corrected chi connectivity index (χ0v) is 17.6. The van der Waals surface area contributed by atoms with Crippen molar-refractivity contribution in [1.29, 1.82) is 0 Å². The highest BCUT2D eigenvalue weighted by Gasteiger charge is 2.59. The summed E-state index contributed by atoms with van der Waals surface area (Å²) in [6, 6.07) is 4.40. The number of fused-ring (bicyclic) bond motifs is 5. The van der Waals surface area contributed by atoms with E-state index in [1.807, 2.05) is 12.3 Å². The maximum Gasteiger partial charge on any atom is 0.243 e. The van der Waals surface area contributed by atoms with Crippen molar-refractivity contribution in [3.63, 3.8) is 0 Å². The molecule has 0 aromatic carbocycles. The highest BCUT2D eigenvalue weighted by atomic mass is 16.1. The number of amides is 1. The van der Waals surface area contributed by atoms with Gasteiger partial charge in [0.25, 0.3) is 0 Å². The Kier molecular flexibility index (Phi) is 4.23. The van der Waals surface area contributed by atoms with Gasteiger partial charge < -0.3 is 5.32 Å². The smallest absolute Gasteiger partial charge is 0.243 e. The minimum Gasteiger partial charge on any atom is -0.353 e. The molecule has 1 aromatic rings. The largest absolute Gasteiger partial charge is 0.353 e. The minimum atomic E-state index is 0.127. The first-order valence-corrected chi connectivity index (χ1v) is 11.3. The summed E-state index contributed by atoms with van der Waals surface area (Å²) in [5, 5.41) is 3.10. The number of allylic oxidation sites excluding steroid dienone is 1. The van der Waals surface area contributed by atoms with Crippen LogP contribution >= 0.6 is 0 Å². The number of hydrogen-bond donors (Lipinski definition) is 1. The summed E-state index contributed by atoms with van der Waals surface area (Å²) < 4.78 is 0. The lowest BCUT2D eigenvalue weighted by molar-refractivity contribution is -0.116. The highest BCUT2D eigenvalue weighted by molar-refractivity contribution is 5.88. The summed E-state index contributed by atoms with van der Waals surface area (Å²) in [5.41, 5.74) is 3.48. The summed E-state index contributed by atoms with van der Waals surface area (Å²) in [7, 11) is 0. The molecule has 0 bridgehead atoms. The van der Waals surface area contributed by atoms with Crippen LogP contribution in [0.4, 0.5) is 0 Å². The fourth-order valence-corrected chi connectivity index (χ4v) is 8.12. The molecule has 0 radical (unpaired) electrons. The van der Waals surface area contributed by atoms with Gasteiger partial charge in [-0.2, -0.15) is 0 Å². The zero-order valence-electron chi connectivity index (χ0n) is 17.6. The van der Waals surface area contributed by atoms with Crippen LogP contribution < -0.4 is 5.32 Å².